The van der Waals surface area contributed by atoms with Crippen LogP contribution in [0.2, 0.25) is 0 Å². The van der Waals surface area contributed by atoms with Crippen molar-refractivity contribution in [2.45, 2.75) is 25.8 Å². The third-order valence-corrected chi connectivity index (χ3v) is 4.48. The van der Waals surface area contributed by atoms with Crippen molar-refractivity contribution in [3.8, 4) is 0 Å². The van der Waals surface area contributed by atoms with Gasteiger partial charge in [0, 0.05) is 44.1 Å². The van der Waals surface area contributed by atoms with Gasteiger partial charge in [-0.05, 0) is 19.8 Å². The Labute approximate surface area is 144 Å². The minimum Gasteiger partial charge on any atom is -0.356 e. The summed E-state index contributed by atoms with van der Waals surface area (Å²) in [5, 5.41) is 11.4. The third kappa shape index (κ3) is 3.04. The molecule has 0 atom stereocenters. The topological polar surface area (TPSA) is 93.2 Å². The van der Waals surface area contributed by atoms with Crippen LogP contribution in [0.4, 0.5) is 5.82 Å². The van der Waals surface area contributed by atoms with Crippen LogP contribution >= 0.6 is 0 Å². The first-order valence-corrected chi connectivity index (χ1v) is 8.32. The normalized spacial score (nSPS) is 15.7. The molecule has 1 aliphatic heterocycles. The molecular weight excluding hydrogens is 320 g/mol. The van der Waals surface area contributed by atoms with E-state index < -0.39 is 0 Å². The van der Waals surface area contributed by atoms with E-state index in [0.29, 0.717) is 11.3 Å². The Kier molecular flexibility index (Phi) is 3.83. The maximum atomic E-state index is 12.3. The van der Waals surface area contributed by atoms with Crippen LogP contribution in [0.5, 0.6) is 0 Å². The summed E-state index contributed by atoms with van der Waals surface area (Å²) in [4.78, 5) is 23.1. The molecule has 130 valence electrons. The second kappa shape index (κ2) is 6.15. The van der Waals surface area contributed by atoms with Crippen molar-refractivity contribution >= 4 is 17.5 Å². The Morgan fingerprint density at radius 3 is 2.80 bits per heavy atom. The smallest absolute Gasteiger partial charge is 0.254 e. The van der Waals surface area contributed by atoms with Crippen LogP contribution in [0.1, 0.15) is 28.9 Å². The first-order chi connectivity index (χ1) is 12.1. The van der Waals surface area contributed by atoms with Crippen molar-refractivity contribution in [1.82, 2.24) is 34.7 Å². The lowest BCUT2D eigenvalue weighted by Crippen LogP contribution is -2.45. The van der Waals surface area contributed by atoms with Gasteiger partial charge in [0.05, 0.1) is 11.8 Å². The van der Waals surface area contributed by atoms with Crippen LogP contribution in [-0.2, 0) is 7.05 Å². The predicted octanol–water partition coefficient (Wildman–Crippen LogP) is 0.565. The Bertz CT molecular complexity index is 906. The minimum atomic E-state index is -0.0648. The summed E-state index contributed by atoms with van der Waals surface area (Å²) in [5.41, 5.74) is 1.52. The van der Waals surface area contributed by atoms with E-state index in [0.717, 1.165) is 37.4 Å². The molecule has 3 aromatic heterocycles. The van der Waals surface area contributed by atoms with Gasteiger partial charge in [-0.15, -0.1) is 0 Å². The summed E-state index contributed by atoms with van der Waals surface area (Å²) in [6.07, 6.45) is 6.59. The van der Waals surface area contributed by atoms with Gasteiger partial charge in [-0.25, -0.2) is 4.98 Å². The van der Waals surface area contributed by atoms with Gasteiger partial charge in [0.15, 0.2) is 0 Å². The van der Waals surface area contributed by atoms with E-state index in [-0.39, 0.29) is 11.9 Å². The number of piperidine rings is 1. The highest BCUT2D eigenvalue weighted by atomic mass is 16.1. The number of hydrogen-bond acceptors (Lipinski definition) is 6. The molecule has 0 unspecified atom stereocenters. The number of rotatable bonds is 3. The van der Waals surface area contributed by atoms with Gasteiger partial charge in [-0.3, -0.25) is 9.48 Å². The molecule has 1 N–H and O–H groups in total. The zero-order valence-electron chi connectivity index (χ0n) is 14.3. The summed E-state index contributed by atoms with van der Waals surface area (Å²) in [6, 6.07) is 2.19. The molecule has 25 heavy (non-hydrogen) atoms. The summed E-state index contributed by atoms with van der Waals surface area (Å²) in [6.45, 7) is 3.64. The Balaban J connectivity index is 1.42. The summed E-state index contributed by atoms with van der Waals surface area (Å²) >= 11 is 0. The first kappa shape index (κ1) is 15.6. The molecule has 1 saturated heterocycles. The highest BCUT2D eigenvalue weighted by Gasteiger charge is 2.23. The lowest BCUT2D eigenvalue weighted by Gasteiger charge is -2.33. The van der Waals surface area contributed by atoms with E-state index in [1.807, 2.05) is 13.0 Å². The number of anilines is 1. The first-order valence-electron chi connectivity index (χ1n) is 8.32. The fourth-order valence-electron chi connectivity index (χ4n) is 3.20. The van der Waals surface area contributed by atoms with Gasteiger partial charge < -0.3 is 10.2 Å². The van der Waals surface area contributed by atoms with Crippen molar-refractivity contribution in [1.29, 1.82) is 0 Å². The predicted molar refractivity (Wildman–Crippen MR) is 91.4 cm³/mol. The summed E-state index contributed by atoms with van der Waals surface area (Å²) < 4.78 is 3.40. The van der Waals surface area contributed by atoms with E-state index >= 15 is 0 Å². The van der Waals surface area contributed by atoms with E-state index in [1.165, 1.54) is 6.33 Å². The average molecular weight is 340 g/mol. The quantitative estimate of drug-likeness (QED) is 0.749. The SMILES string of the molecule is Cc1cc(N2CCC(NC(=O)c3cnn(C)c3)CC2)n2ncnc2n1. The monoisotopic (exact) mass is 340 g/mol. The van der Waals surface area contributed by atoms with Crippen LogP contribution in [0, 0.1) is 6.92 Å². The molecule has 9 heteroatoms. The van der Waals surface area contributed by atoms with Gasteiger partial charge in [-0.2, -0.15) is 19.7 Å². The number of aromatic nitrogens is 6. The molecule has 4 heterocycles. The van der Waals surface area contributed by atoms with E-state index in [4.69, 9.17) is 0 Å². The molecule has 4 rings (SSSR count). The molecule has 9 nitrogen and oxygen atoms in total. The van der Waals surface area contributed by atoms with Gasteiger partial charge in [0.1, 0.15) is 12.1 Å². The van der Waals surface area contributed by atoms with Crippen molar-refractivity contribution in [3.05, 3.63) is 36.0 Å². The maximum absolute atomic E-state index is 12.3. The molecule has 0 radical (unpaired) electrons. The van der Waals surface area contributed by atoms with Gasteiger partial charge in [0.2, 0.25) is 0 Å². The Morgan fingerprint density at radius 2 is 2.08 bits per heavy atom. The fraction of sp³-hybridized carbons (Fsp3) is 0.438. The van der Waals surface area contributed by atoms with Crippen molar-refractivity contribution in [3.63, 3.8) is 0 Å². The standard InChI is InChI=1S/C16H20N8O/c1-11-7-14(24-16(20-11)17-10-19-24)23-5-3-13(4-6-23)21-15(25)12-8-18-22(2)9-12/h7-10,13H,3-6H2,1-2H3,(H,21,25). The molecular formula is C16H20N8O. The molecule has 3 aromatic rings. The largest absolute Gasteiger partial charge is 0.356 e. The van der Waals surface area contributed by atoms with Crippen molar-refractivity contribution < 1.29 is 4.79 Å². The Hall–Kier alpha value is -2.97. The minimum absolute atomic E-state index is 0.0648. The zero-order valence-corrected chi connectivity index (χ0v) is 14.3. The molecule has 1 fully saturated rings. The number of amides is 1. The van der Waals surface area contributed by atoms with Gasteiger partial charge in [0.25, 0.3) is 11.7 Å². The highest BCUT2D eigenvalue weighted by Crippen LogP contribution is 2.21. The summed E-state index contributed by atoms with van der Waals surface area (Å²) in [7, 11) is 1.80. The fourth-order valence-corrected chi connectivity index (χ4v) is 3.20. The lowest BCUT2D eigenvalue weighted by molar-refractivity contribution is 0.0931. The second-order valence-corrected chi connectivity index (χ2v) is 6.37. The molecule has 0 aliphatic carbocycles. The number of fused-ring (bicyclic) bond motifs is 1. The molecule has 0 spiro atoms. The number of hydrogen-bond donors (Lipinski definition) is 1. The van der Waals surface area contributed by atoms with Crippen LogP contribution in [0.25, 0.3) is 5.78 Å². The number of carbonyl (C=O) groups is 1. The van der Waals surface area contributed by atoms with E-state index in [9.17, 15) is 4.79 Å². The van der Waals surface area contributed by atoms with Crippen LogP contribution in [0.3, 0.4) is 0 Å². The molecule has 0 saturated carbocycles. The van der Waals surface area contributed by atoms with Crippen molar-refractivity contribution in [2.24, 2.45) is 7.05 Å². The van der Waals surface area contributed by atoms with Gasteiger partial charge >= 0.3 is 0 Å². The van der Waals surface area contributed by atoms with Crippen molar-refractivity contribution in [2.75, 3.05) is 18.0 Å². The zero-order chi connectivity index (χ0) is 17.4. The molecule has 1 aliphatic rings. The lowest BCUT2D eigenvalue weighted by atomic mass is 10.0. The maximum Gasteiger partial charge on any atom is 0.254 e. The van der Waals surface area contributed by atoms with E-state index in [1.54, 1.807) is 28.6 Å². The molecule has 0 bridgehead atoms. The number of carbonyl (C=O) groups excluding carboxylic acids is 1. The number of aryl methyl sites for hydroxylation is 2. The second-order valence-electron chi connectivity index (χ2n) is 6.37. The molecule has 1 amide bonds. The molecule has 0 aromatic carbocycles. The summed E-state index contributed by atoms with van der Waals surface area (Å²) in [5.74, 6) is 1.55. The number of nitrogens with one attached hydrogen (secondary N) is 1. The third-order valence-electron chi connectivity index (χ3n) is 4.48. The van der Waals surface area contributed by atoms with Crippen LogP contribution in [0.15, 0.2) is 24.8 Å². The van der Waals surface area contributed by atoms with Gasteiger partial charge in [-0.1, -0.05) is 0 Å². The van der Waals surface area contributed by atoms with E-state index in [2.05, 4.69) is 30.4 Å². The average Bonchev–Trinajstić information content (AvgIpc) is 3.23. The number of nitrogens with zero attached hydrogens (tertiary/aromatic N) is 7. The van der Waals surface area contributed by atoms with Crippen LogP contribution < -0.4 is 10.2 Å². The highest BCUT2D eigenvalue weighted by molar-refractivity contribution is 5.93. The Morgan fingerprint density at radius 1 is 1.28 bits per heavy atom. The van der Waals surface area contributed by atoms with Crippen LogP contribution in [-0.4, -0.2) is 54.4 Å².